The van der Waals surface area contributed by atoms with Crippen molar-refractivity contribution in [1.82, 2.24) is 5.32 Å². The van der Waals surface area contributed by atoms with Crippen LogP contribution in [-0.4, -0.2) is 17.3 Å². The van der Waals surface area contributed by atoms with E-state index in [2.05, 4.69) is 21.2 Å². The van der Waals surface area contributed by atoms with Gasteiger partial charge in [0.15, 0.2) is 0 Å². The van der Waals surface area contributed by atoms with Crippen molar-refractivity contribution in [2.45, 2.75) is 62.6 Å². The first-order chi connectivity index (χ1) is 10.2. The zero-order chi connectivity index (χ0) is 14.4. The summed E-state index contributed by atoms with van der Waals surface area (Å²) in [6.07, 6.45) is 12.0. The normalized spacial score (nSPS) is 48.3. The van der Waals surface area contributed by atoms with E-state index in [0.29, 0.717) is 16.7 Å². The van der Waals surface area contributed by atoms with Gasteiger partial charge in [0, 0.05) is 17.3 Å². The number of nitrogens with one attached hydrogen (secondary N) is 1. The van der Waals surface area contributed by atoms with Gasteiger partial charge in [0.2, 0.25) is 5.91 Å². The van der Waals surface area contributed by atoms with Gasteiger partial charge in [-0.25, -0.2) is 0 Å². The highest BCUT2D eigenvalue weighted by molar-refractivity contribution is 9.09. The molecule has 0 radical (unpaired) electrons. The maximum absolute atomic E-state index is 12.7. The fourth-order valence-electron chi connectivity index (χ4n) is 6.04. The molecule has 5 aliphatic rings. The first kappa shape index (κ1) is 14.5. The minimum absolute atomic E-state index is 0.366. The maximum Gasteiger partial charge on any atom is 0.223 e. The Kier molecular flexibility index (Phi) is 4.06. The monoisotopic (exact) mass is 353 g/mol. The standard InChI is InChI=1S/C18H28BrNO/c19-16-3-1-11(2-4-16)10-20-18(21)17-14-6-12-5-13(8-14)9-15(17)7-12/h11-17H,1-10H2,(H,20,21). The summed E-state index contributed by atoms with van der Waals surface area (Å²) in [5, 5.41) is 3.34. The quantitative estimate of drug-likeness (QED) is 0.759. The van der Waals surface area contributed by atoms with E-state index in [4.69, 9.17) is 0 Å². The molecule has 0 aromatic carbocycles. The molecular formula is C18H28BrNO. The van der Waals surface area contributed by atoms with Crippen molar-refractivity contribution in [2.75, 3.05) is 6.54 Å². The third kappa shape index (κ3) is 2.92. The van der Waals surface area contributed by atoms with Gasteiger partial charge in [-0.3, -0.25) is 4.79 Å². The van der Waals surface area contributed by atoms with E-state index in [1.54, 1.807) is 0 Å². The molecule has 1 N–H and O–H groups in total. The van der Waals surface area contributed by atoms with Crippen LogP contribution in [0.2, 0.25) is 0 Å². The summed E-state index contributed by atoms with van der Waals surface area (Å²) in [5.41, 5.74) is 0. The molecule has 0 aromatic heterocycles. The lowest BCUT2D eigenvalue weighted by molar-refractivity contribution is -0.138. The first-order valence-electron chi connectivity index (χ1n) is 9.10. The number of carbonyl (C=O) groups excluding carboxylic acids is 1. The summed E-state index contributed by atoms with van der Waals surface area (Å²) in [4.78, 5) is 13.4. The highest BCUT2D eigenvalue weighted by atomic mass is 79.9. The Morgan fingerprint density at radius 3 is 2.05 bits per heavy atom. The van der Waals surface area contributed by atoms with Gasteiger partial charge < -0.3 is 5.32 Å². The fourth-order valence-corrected chi connectivity index (χ4v) is 6.57. The lowest BCUT2D eigenvalue weighted by atomic mass is 9.51. The Morgan fingerprint density at radius 2 is 1.48 bits per heavy atom. The zero-order valence-corrected chi connectivity index (χ0v) is 14.5. The van der Waals surface area contributed by atoms with Crippen LogP contribution < -0.4 is 5.32 Å². The number of hydrogen-bond donors (Lipinski definition) is 1. The number of halogens is 1. The molecule has 0 atom stereocenters. The van der Waals surface area contributed by atoms with Crippen molar-refractivity contribution in [3.8, 4) is 0 Å². The second-order valence-corrected chi connectivity index (χ2v) is 9.61. The molecule has 5 rings (SSSR count). The summed E-state index contributed by atoms with van der Waals surface area (Å²) in [6, 6.07) is 0. The van der Waals surface area contributed by atoms with Crippen LogP contribution in [0.1, 0.15) is 57.8 Å². The summed E-state index contributed by atoms with van der Waals surface area (Å²) in [5.74, 6) is 4.87. The third-order valence-electron chi connectivity index (χ3n) is 6.87. The lowest BCUT2D eigenvalue weighted by Crippen LogP contribution is -2.51. The highest BCUT2D eigenvalue weighted by Crippen LogP contribution is 2.56. The Balaban J connectivity index is 1.31. The van der Waals surface area contributed by atoms with Crippen LogP contribution in [0.3, 0.4) is 0 Å². The predicted octanol–water partition coefficient (Wildman–Crippen LogP) is 4.13. The predicted molar refractivity (Wildman–Crippen MR) is 88.2 cm³/mol. The molecule has 5 fully saturated rings. The average Bonchev–Trinajstić information content (AvgIpc) is 2.45. The van der Waals surface area contributed by atoms with Crippen LogP contribution >= 0.6 is 15.9 Å². The maximum atomic E-state index is 12.7. The lowest BCUT2D eigenvalue weighted by Gasteiger charge is -2.53. The van der Waals surface area contributed by atoms with E-state index in [9.17, 15) is 4.79 Å². The minimum Gasteiger partial charge on any atom is -0.356 e. The van der Waals surface area contributed by atoms with Gasteiger partial charge in [-0.2, -0.15) is 0 Å². The smallest absolute Gasteiger partial charge is 0.223 e. The van der Waals surface area contributed by atoms with Crippen LogP contribution in [0.25, 0.3) is 0 Å². The second-order valence-electron chi connectivity index (χ2n) is 8.32. The molecule has 21 heavy (non-hydrogen) atoms. The van der Waals surface area contributed by atoms with Gasteiger partial charge in [0.05, 0.1) is 0 Å². The Morgan fingerprint density at radius 1 is 0.905 bits per heavy atom. The molecule has 0 aromatic rings. The van der Waals surface area contributed by atoms with E-state index < -0.39 is 0 Å². The van der Waals surface area contributed by atoms with Crippen LogP contribution in [0.15, 0.2) is 0 Å². The van der Waals surface area contributed by atoms with Crippen molar-refractivity contribution in [2.24, 2.45) is 35.5 Å². The van der Waals surface area contributed by atoms with E-state index in [1.807, 2.05) is 0 Å². The first-order valence-corrected chi connectivity index (χ1v) is 10.0. The van der Waals surface area contributed by atoms with E-state index in [-0.39, 0.29) is 0 Å². The molecular weight excluding hydrogens is 326 g/mol. The number of carbonyl (C=O) groups is 1. The summed E-state index contributed by atoms with van der Waals surface area (Å²) in [6.45, 7) is 0.932. The molecule has 3 heteroatoms. The molecule has 0 spiro atoms. The molecule has 0 aliphatic heterocycles. The number of amides is 1. The number of hydrogen-bond acceptors (Lipinski definition) is 1. The SMILES string of the molecule is O=C(NCC1CCC(Br)CC1)C1C2CC3CC(C2)CC1C3. The molecule has 2 nitrogen and oxygen atoms in total. The highest BCUT2D eigenvalue weighted by Gasteiger charge is 2.50. The summed E-state index contributed by atoms with van der Waals surface area (Å²) < 4.78 is 0. The van der Waals surface area contributed by atoms with E-state index >= 15 is 0 Å². The Labute approximate surface area is 136 Å². The Bertz CT molecular complexity index is 374. The van der Waals surface area contributed by atoms with Crippen LogP contribution in [0.4, 0.5) is 0 Å². The van der Waals surface area contributed by atoms with Crippen LogP contribution in [-0.2, 0) is 4.79 Å². The molecule has 1 amide bonds. The van der Waals surface area contributed by atoms with Gasteiger partial charge in [-0.15, -0.1) is 0 Å². The third-order valence-corrected chi connectivity index (χ3v) is 7.79. The molecule has 5 aliphatic carbocycles. The fraction of sp³-hybridized carbons (Fsp3) is 0.944. The minimum atomic E-state index is 0.366. The van der Waals surface area contributed by atoms with Gasteiger partial charge in [0.25, 0.3) is 0 Å². The largest absolute Gasteiger partial charge is 0.356 e. The van der Waals surface area contributed by atoms with Crippen molar-refractivity contribution >= 4 is 21.8 Å². The van der Waals surface area contributed by atoms with Crippen molar-refractivity contribution in [3.05, 3.63) is 0 Å². The number of alkyl halides is 1. The van der Waals surface area contributed by atoms with Crippen LogP contribution in [0, 0.1) is 35.5 Å². The van der Waals surface area contributed by atoms with E-state index in [0.717, 1.165) is 36.1 Å². The Hall–Kier alpha value is -0.0500. The summed E-state index contributed by atoms with van der Waals surface area (Å²) in [7, 11) is 0. The zero-order valence-electron chi connectivity index (χ0n) is 12.9. The topological polar surface area (TPSA) is 29.1 Å². The van der Waals surface area contributed by atoms with Gasteiger partial charge in [0.1, 0.15) is 0 Å². The molecule has 0 heterocycles. The molecule has 0 saturated heterocycles. The molecule has 5 saturated carbocycles. The van der Waals surface area contributed by atoms with Crippen LogP contribution in [0.5, 0.6) is 0 Å². The summed E-state index contributed by atoms with van der Waals surface area (Å²) >= 11 is 3.71. The molecule has 0 unspecified atom stereocenters. The molecule has 4 bridgehead atoms. The van der Waals surface area contributed by atoms with E-state index in [1.165, 1.54) is 57.8 Å². The number of rotatable bonds is 3. The van der Waals surface area contributed by atoms with Gasteiger partial charge >= 0.3 is 0 Å². The van der Waals surface area contributed by atoms with Gasteiger partial charge in [-0.05, 0) is 87.4 Å². The van der Waals surface area contributed by atoms with Crippen molar-refractivity contribution in [3.63, 3.8) is 0 Å². The average molecular weight is 354 g/mol. The molecule has 118 valence electrons. The van der Waals surface area contributed by atoms with Crippen molar-refractivity contribution in [1.29, 1.82) is 0 Å². The second kappa shape index (κ2) is 5.86. The van der Waals surface area contributed by atoms with Crippen molar-refractivity contribution < 1.29 is 4.79 Å². The van der Waals surface area contributed by atoms with Gasteiger partial charge in [-0.1, -0.05) is 15.9 Å².